The van der Waals surface area contributed by atoms with Crippen LogP contribution in [0.25, 0.3) is 0 Å². The number of hydrogen-bond acceptors (Lipinski definition) is 2. The third-order valence-corrected chi connectivity index (χ3v) is 3.48. The quantitative estimate of drug-likeness (QED) is 0.852. The Morgan fingerprint density at radius 2 is 2.28 bits per heavy atom. The van der Waals surface area contributed by atoms with Crippen molar-refractivity contribution in [1.82, 2.24) is 4.90 Å². The number of rotatable bonds is 1. The first kappa shape index (κ1) is 13.3. The molecular weight excluding hydrogens is 257 g/mol. The van der Waals surface area contributed by atoms with Crippen molar-refractivity contribution in [3.63, 3.8) is 0 Å². The fourth-order valence-electron chi connectivity index (χ4n) is 2.12. The molecule has 5 heteroatoms. The van der Waals surface area contributed by atoms with E-state index in [4.69, 9.17) is 11.6 Å². The maximum atomic E-state index is 13.5. The fourth-order valence-corrected chi connectivity index (χ4v) is 2.42. The van der Waals surface area contributed by atoms with Crippen molar-refractivity contribution in [2.45, 2.75) is 25.9 Å². The highest BCUT2D eigenvalue weighted by Crippen LogP contribution is 2.23. The van der Waals surface area contributed by atoms with Crippen LogP contribution in [0.3, 0.4) is 0 Å². The normalized spacial score (nSPS) is 20.0. The molecule has 0 aliphatic carbocycles. The van der Waals surface area contributed by atoms with E-state index in [0.29, 0.717) is 18.5 Å². The summed E-state index contributed by atoms with van der Waals surface area (Å²) in [5.41, 5.74) is 0.573. The fraction of sp³-hybridized carbons (Fsp3) is 0.462. The molecule has 1 aromatic rings. The summed E-state index contributed by atoms with van der Waals surface area (Å²) in [5.74, 6) is -0.766. The predicted molar refractivity (Wildman–Crippen MR) is 67.3 cm³/mol. The molecule has 0 radical (unpaired) electrons. The van der Waals surface area contributed by atoms with Crippen LogP contribution in [-0.2, 0) is 0 Å². The number of aryl methyl sites for hydroxylation is 1. The average molecular weight is 272 g/mol. The summed E-state index contributed by atoms with van der Waals surface area (Å²) in [4.78, 5) is 13.7. The van der Waals surface area contributed by atoms with E-state index in [1.807, 2.05) is 0 Å². The van der Waals surface area contributed by atoms with Crippen LogP contribution in [-0.4, -0.2) is 35.1 Å². The lowest BCUT2D eigenvalue weighted by Gasteiger charge is -2.30. The number of aliphatic hydroxyl groups excluding tert-OH is 1. The van der Waals surface area contributed by atoms with Gasteiger partial charge in [-0.3, -0.25) is 4.79 Å². The van der Waals surface area contributed by atoms with Gasteiger partial charge in [-0.1, -0.05) is 11.6 Å². The number of piperidine rings is 1. The van der Waals surface area contributed by atoms with Crippen molar-refractivity contribution >= 4 is 17.5 Å². The molecule has 1 aromatic carbocycles. The van der Waals surface area contributed by atoms with E-state index in [2.05, 4.69) is 0 Å². The molecule has 1 aliphatic heterocycles. The zero-order valence-electron chi connectivity index (χ0n) is 10.1. The van der Waals surface area contributed by atoms with Crippen LogP contribution in [0.15, 0.2) is 12.1 Å². The van der Waals surface area contributed by atoms with E-state index in [0.717, 1.165) is 6.42 Å². The zero-order chi connectivity index (χ0) is 13.3. The van der Waals surface area contributed by atoms with Crippen molar-refractivity contribution in [3.8, 4) is 0 Å². The molecule has 0 aromatic heterocycles. The smallest absolute Gasteiger partial charge is 0.255 e. The lowest BCUT2D eigenvalue weighted by atomic mass is 10.1. The maximum Gasteiger partial charge on any atom is 0.255 e. The van der Waals surface area contributed by atoms with Gasteiger partial charge in [0.1, 0.15) is 5.82 Å². The van der Waals surface area contributed by atoms with Gasteiger partial charge >= 0.3 is 0 Å². The van der Waals surface area contributed by atoms with Gasteiger partial charge in [-0.2, -0.15) is 0 Å². The van der Waals surface area contributed by atoms with Crippen LogP contribution >= 0.6 is 11.6 Å². The van der Waals surface area contributed by atoms with Gasteiger partial charge < -0.3 is 10.0 Å². The van der Waals surface area contributed by atoms with E-state index in [1.54, 1.807) is 6.92 Å². The number of carbonyl (C=O) groups excluding carboxylic acids is 1. The summed E-state index contributed by atoms with van der Waals surface area (Å²) in [7, 11) is 0. The second kappa shape index (κ2) is 5.24. The van der Waals surface area contributed by atoms with E-state index >= 15 is 0 Å². The molecule has 1 heterocycles. The summed E-state index contributed by atoms with van der Waals surface area (Å²) >= 11 is 5.98. The molecule has 1 aliphatic rings. The summed E-state index contributed by atoms with van der Waals surface area (Å²) in [5, 5.41) is 9.79. The lowest BCUT2D eigenvalue weighted by molar-refractivity contribution is 0.0473. The number of carbonyl (C=O) groups is 1. The minimum atomic E-state index is -0.503. The molecule has 3 nitrogen and oxygen atoms in total. The molecular formula is C13H15ClFNO2. The van der Waals surface area contributed by atoms with Gasteiger partial charge in [0.25, 0.3) is 5.91 Å². The Balaban J connectivity index is 2.25. The van der Waals surface area contributed by atoms with Gasteiger partial charge in [-0.05, 0) is 37.5 Å². The number of nitrogens with zero attached hydrogens (tertiary/aromatic N) is 1. The molecule has 1 fully saturated rings. The minimum absolute atomic E-state index is 0.161. The standard InChI is InChI=1S/C13H15ClFNO2/c1-8-5-11(14)10(6-12(8)15)13(18)16-4-2-3-9(17)7-16/h5-6,9,17H,2-4,7H2,1H3. The number of likely N-dealkylation sites (tertiary alicyclic amines) is 1. The molecule has 1 N–H and O–H groups in total. The largest absolute Gasteiger partial charge is 0.391 e. The molecule has 1 saturated heterocycles. The lowest BCUT2D eigenvalue weighted by Crippen LogP contribution is -2.42. The zero-order valence-corrected chi connectivity index (χ0v) is 10.9. The molecule has 0 spiro atoms. The first-order chi connectivity index (χ1) is 8.49. The Kier molecular flexibility index (Phi) is 3.88. The Morgan fingerprint density at radius 3 is 2.94 bits per heavy atom. The van der Waals surface area contributed by atoms with Gasteiger partial charge in [-0.25, -0.2) is 4.39 Å². The van der Waals surface area contributed by atoms with Crippen LogP contribution in [0.1, 0.15) is 28.8 Å². The van der Waals surface area contributed by atoms with Gasteiger partial charge in [0.2, 0.25) is 0 Å². The molecule has 0 saturated carbocycles. The number of β-amino-alcohol motifs (C(OH)–C–C–N with tert-alkyl or cyclic N) is 1. The van der Waals surface area contributed by atoms with Crippen molar-refractivity contribution < 1.29 is 14.3 Å². The SMILES string of the molecule is Cc1cc(Cl)c(C(=O)N2CCCC(O)C2)cc1F. The molecule has 1 amide bonds. The van der Waals surface area contributed by atoms with Gasteiger partial charge in [0.15, 0.2) is 0 Å². The highest BCUT2D eigenvalue weighted by Gasteiger charge is 2.25. The number of halogens is 2. The van der Waals surface area contributed by atoms with Gasteiger partial charge in [0, 0.05) is 13.1 Å². The first-order valence-electron chi connectivity index (χ1n) is 5.92. The number of benzene rings is 1. The maximum absolute atomic E-state index is 13.5. The van der Waals surface area contributed by atoms with Gasteiger partial charge in [-0.15, -0.1) is 0 Å². The van der Waals surface area contributed by atoms with Crippen LogP contribution in [0.4, 0.5) is 4.39 Å². The molecule has 2 rings (SSSR count). The molecule has 98 valence electrons. The Morgan fingerprint density at radius 1 is 1.56 bits per heavy atom. The van der Waals surface area contributed by atoms with E-state index in [1.165, 1.54) is 17.0 Å². The van der Waals surface area contributed by atoms with Crippen molar-refractivity contribution in [2.24, 2.45) is 0 Å². The molecule has 1 unspecified atom stereocenters. The Hall–Kier alpha value is -1.13. The summed E-state index contributed by atoms with van der Waals surface area (Å²) in [6.07, 6.45) is 0.940. The third-order valence-electron chi connectivity index (χ3n) is 3.16. The Labute approximate surface area is 110 Å². The Bertz CT molecular complexity index is 478. The molecule has 0 bridgehead atoms. The summed E-state index contributed by atoms with van der Waals surface area (Å²) in [6.45, 7) is 2.45. The predicted octanol–water partition coefficient (Wildman–Crippen LogP) is 2.38. The van der Waals surface area contributed by atoms with Crippen molar-refractivity contribution in [1.29, 1.82) is 0 Å². The number of aliphatic hydroxyl groups is 1. The summed E-state index contributed by atoms with van der Waals surface area (Å²) < 4.78 is 13.5. The van der Waals surface area contributed by atoms with Crippen molar-refractivity contribution in [3.05, 3.63) is 34.1 Å². The third kappa shape index (κ3) is 2.65. The number of amides is 1. The van der Waals surface area contributed by atoms with Crippen molar-refractivity contribution in [2.75, 3.05) is 13.1 Å². The second-order valence-corrected chi connectivity index (χ2v) is 5.04. The van der Waals surface area contributed by atoms with Crippen LogP contribution in [0.5, 0.6) is 0 Å². The topological polar surface area (TPSA) is 40.5 Å². The van der Waals surface area contributed by atoms with Crippen LogP contribution < -0.4 is 0 Å². The van der Waals surface area contributed by atoms with E-state index < -0.39 is 11.9 Å². The van der Waals surface area contributed by atoms with Crippen LogP contribution in [0, 0.1) is 12.7 Å². The highest BCUT2D eigenvalue weighted by molar-refractivity contribution is 6.33. The minimum Gasteiger partial charge on any atom is -0.391 e. The van der Waals surface area contributed by atoms with E-state index in [-0.39, 0.29) is 23.0 Å². The van der Waals surface area contributed by atoms with E-state index in [9.17, 15) is 14.3 Å². The number of hydrogen-bond donors (Lipinski definition) is 1. The monoisotopic (exact) mass is 271 g/mol. The second-order valence-electron chi connectivity index (χ2n) is 4.63. The van der Waals surface area contributed by atoms with Gasteiger partial charge in [0.05, 0.1) is 16.7 Å². The molecule has 1 atom stereocenters. The summed E-state index contributed by atoms with van der Waals surface area (Å²) in [6, 6.07) is 2.62. The van der Waals surface area contributed by atoms with Crippen LogP contribution in [0.2, 0.25) is 5.02 Å². The first-order valence-corrected chi connectivity index (χ1v) is 6.30. The highest BCUT2D eigenvalue weighted by atomic mass is 35.5. The molecule has 18 heavy (non-hydrogen) atoms. The average Bonchev–Trinajstić information content (AvgIpc) is 2.33.